The van der Waals surface area contributed by atoms with Gasteiger partial charge in [-0.25, -0.2) is 8.78 Å². The van der Waals surface area contributed by atoms with Crippen LogP contribution in [0.1, 0.15) is 17.5 Å². The average molecular weight is 288 g/mol. The number of ether oxygens (including phenoxy) is 1. The van der Waals surface area contributed by atoms with E-state index in [1.807, 2.05) is 0 Å². The molecule has 1 N–H and O–H groups in total. The topological polar surface area (TPSA) is 29.5 Å². The Morgan fingerprint density at radius 1 is 1.05 bits per heavy atom. The Morgan fingerprint density at radius 3 is 2.62 bits per heavy atom. The first-order valence-corrected chi connectivity index (χ1v) is 6.46. The number of aliphatic hydroxyl groups excluding tert-OH is 1. The van der Waals surface area contributed by atoms with Crippen molar-refractivity contribution in [1.82, 2.24) is 0 Å². The van der Waals surface area contributed by atoms with E-state index in [0.717, 1.165) is 0 Å². The fourth-order valence-electron chi connectivity index (χ4n) is 1.68. The minimum atomic E-state index is -0.529. The van der Waals surface area contributed by atoms with Gasteiger partial charge in [0.15, 0.2) is 11.6 Å². The van der Waals surface area contributed by atoms with Crippen molar-refractivity contribution in [3.63, 3.8) is 0 Å². The molecule has 0 spiro atoms. The zero-order valence-electron chi connectivity index (χ0n) is 11.3. The Morgan fingerprint density at radius 2 is 1.86 bits per heavy atom. The van der Waals surface area contributed by atoms with Crippen molar-refractivity contribution in [3.05, 3.63) is 65.2 Å². The van der Waals surface area contributed by atoms with Gasteiger partial charge in [-0.1, -0.05) is 30.0 Å². The summed E-state index contributed by atoms with van der Waals surface area (Å²) < 4.78 is 32.4. The highest BCUT2D eigenvalue weighted by Crippen LogP contribution is 2.20. The van der Waals surface area contributed by atoms with E-state index >= 15 is 0 Å². The van der Waals surface area contributed by atoms with Crippen LogP contribution in [-0.2, 0) is 6.61 Å². The number of hydrogen-bond acceptors (Lipinski definition) is 2. The van der Waals surface area contributed by atoms with Crippen LogP contribution in [0.2, 0.25) is 0 Å². The normalized spacial score (nSPS) is 9.86. The standard InChI is InChI=1S/C17H14F2O2/c18-15-7-2-1-6-14(15)12-21-17-11-13(5-3-4-10-20)8-9-16(17)19/h1-2,6-9,11,20H,4,10,12H2. The molecule has 2 rings (SSSR count). The third kappa shape index (κ3) is 4.30. The molecule has 2 aromatic rings. The molecule has 108 valence electrons. The average Bonchev–Trinajstić information content (AvgIpc) is 2.49. The molecule has 0 bridgehead atoms. The van der Waals surface area contributed by atoms with Gasteiger partial charge in [0.25, 0.3) is 0 Å². The maximum Gasteiger partial charge on any atom is 0.165 e. The molecular weight excluding hydrogens is 274 g/mol. The summed E-state index contributed by atoms with van der Waals surface area (Å²) in [4.78, 5) is 0. The van der Waals surface area contributed by atoms with Gasteiger partial charge in [0.1, 0.15) is 12.4 Å². The maximum absolute atomic E-state index is 13.7. The van der Waals surface area contributed by atoms with Crippen LogP contribution in [0, 0.1) is 23.5 Å². The lowest BCUT2D eigenvalue weighted by molar-refractivity contribution is 0.284. The van der Waals surface area contributed by atoms with Crippen molar-refractivity contribution >= 4 is 0 Å². The molecular formula is C17H14F2O2. The Bertz CT molecular complexity index is 672. The van der Waals surface area contributed by atoms with Gasteiger partial charge in [-0.05, 0) is 24.3 Å². The molecule has 0 saturated carbocycles. The van der Waals surface area contributed by atoms with Crippen LogP contribution in [0.25, 0.3) is 0 Å². The molecule has 0 unspecified atom stereocenters. The van der Waals surface area contributed by atoms with Crippen LogP contribution in [0.3, 0.4) is 0 Å². The van der Waals surface area contributed by atoms with E-state index in [4.69, 9.17) is 9.84 Å². The van der Waals surface area contributed by atoms with E-state index in [1.54, 1.807) is 18.2 Å². The van der Waals surface area contributed by atoms with Crippen molar-refractivity contribution in [1.29, 1.82) is 0 Å². The molecule has 0 atom stereocenters. The van der Waals surface area contributed by atoms with Gasteiger partial charge in [-0.2, -0.15) is 0 Å². The monoisotopic (exact) mass is 288 g/mol. The van der Waals surface area contributed by atoms with Crippen LogP contribution >= 0.6 is 0 Å². The van der Waals surface area contributed by atoms with Crippen LogP contribution in [-0.4, -0.2) is 11.7 Å². The Balaban J connectivity index is 2.11. The summed E-state index contributed by atoms with van der Waals surface area (Å²) in [7, 11) is 0. The minimum Gasteiger partial charge on any atom is -0.486 e. The van der Waals surface area contributed by atoms with Crippen molar-refractivity contribution in [2.75, 3.05) is 6.61 Å². The largest absolute Gasteiger partial charge is 0.486 e. The van der Waals surface area contributed by atoms with Crippen LogP contribution in [0.15, 0.2) is 42.5 Å². The van der Waals surface area contributed by atoms with Gasteiger partial charge in [-0.15, -0.1) is 0 Å². The first-order chi connectivity index (χ1) is 10.2. The maximum atomic E-state index is 13.7. The quantitative estimate of drug-likeness (QED) is 0.875. The molecule has 0 fully saturated rings. The summed E-state index contributed by atoms with van der Waals surface area (Å²) in [6, 6.07) is 10.4. The Hall–Kier alpha value is -2.38. The van der Waals surface area contributed by atoms with Gasteiger partial charge < -0.3 is 9.84 Å². The van der Waals surface area contributed by atoms with Crippen molar-refractivity contribution < 1.29 is 18.6 Å². The van der Waals surface area contributed by atoms with Crippen LogP contribution in [0.4, 0.5) is 8.78 Å². The molecule has 21 heavy (non-hydrogen) atoms. The lowest BCUT2D eigenvalue weighted by Crippen LogP contribution is -2.00. The molecule has 0 aliphatic rings. The third-order valence-electron chi connectivity index (χ3n) is 2.74. The highest BCUT2D eigenvalue weighted by molar-refractivity contribution is 5.40. The molecule has 0 amide bonds. The smallest absolute Gasteiger partial charge is 0.165 e. The molecule has 0 heterocycles. The highest BCUT2D eigenvalue weighted by Gasteiger charge is 2.06. The van der Waals surface area contributed by atoms with E-state index in [0.29, 0.717) is 17.5 Å². The lowest BCUT2D eigenvalue weighted by Gasteiger charge is -2.08. The van der Waals surface area contributed by atoms with E-state index in [9.17, 15) is 8.78 Å². The van der Waals surface area contributed by atoms with Crippen LogP contribution < -0.4 is 4.74 Å². The molecule has 0 aliphatic carbocycles. The van der Waals surface area contributed by atoms with E-state index < -0.39 is 11.6 Å². The lowest BCUT2D eigenvalue weighted by atomic mass is 10.2. The fourth-order valence-corrected chi connectivity index (χ4v) is 1.68. The highest BCUT2D eigenvalue weighted by atomic mass is 19.1. The zero-order valence-corrected chi connectivity index (χ0v) is 11.3. The van der Waals surface area contributed by atoms with Gasteiger partial charge in [0.05, 0.1) is 6.61 Å². The number of halogens is 2. The predicted octanol–water partition coefficient (Wildman–Crippen LogP) is 3.28. The Labute approximate surface area is 122 Å². The summed E-state index contributed by atoms with van der Waals surface area (Å²) in [6.45, 7) is -0.0814. The molecule has 0 aliphatic heterocycles. The van der Waals surface area contributed by atoms with Gasteiger partial charge in [0, 0.05) is 17.5 Å². The number of benzene rings is 2. The predicted molar refractivity (Wildman–Crippen MR) is 75.7 cm³/mol. The number of hydrogen-bond donors (Lipinski definition) is 1. The Kier molecular flexibility index (Phi) is 5.30. The van der Waals surface area contributed by atoms with Gasteiger partial charge in [0.2, 0.25) is 0 Å². The van der Waals surface area contributed by atoms with Crippen molar-refractivity contribution in [3.8, 4) is 17.6 Å². The number of aliphatic hydroxyl groups is 1. The summed E-state index contributed by atoms with van der Waals surface area (Å²) in [5.41, 5.74) is 0.932. The molecule has 0 aromatic heterocycles. The second-order valence-electron chi connectivity index (χ2n) is 4.30. The first-order valence-electron chi connectivity index (χ1n) is 6.46. The van der Waals surface area contributed by atoms with Gasteiger partial charge in [-0.3, -0.25) is 0 Å². The van der Waals surface area contributed by atoms with Crippen molar-refractivity contribution in [2.24, 2.45) is 0 Å². The number of rotatable bonds is 4. The van der Waals surface area contributed by atoms with E-state index in [1.165, 1.54) is 24.3 Å². The van der Waals surface area contributed by atoms with E-state index in [2.05, 4.69) is 11.8 Å². The molecule has 0 radical (unpaired) electrons. The van der Waals surface area contributed by atoms with E-state index in [-0.39, 0.29) is 19.0 Å². The second kappa shape index (κ2) is 7.41. The molecule has 4 heteroatoms. The molecule has 2 aromatic carbocycles. The van der Waals surface area contributed by atoms with Crippen molar-refractivity contribution in [2.45, 2.75) is 13.0 Å². The minimum absolute atomic E-state index is 0.0223. The fraction of sp³-hybridized carbons (Fsp3) is 0.176. The third-order valence-corrected chi connectivity index (χ3v) is 2.74. The summed E-state index contributed by atoms with van der Waals surface area (Å²) in [5, 5.41) is 8.66. The second-order valence-corrected chi connectivity index (χ2v) is 4.30. The zero-order chi connectivity index (χ0) is 15.1. The molecule has 0 saturated heterocycles. The summed E-state index contributed by atoms with van der Waals surface area (Å²) in [5.74, 6) is 4.64. The van der Waals surface area contributed by atoms with Gasteiger partial charge >= 0.3 is 0 Å². The first kappa shape index (κ1) is 15.0. The molecule has 2 nitrogen and oxygen atoms in total. The summed E-state index contributed by atoms with van der Waals surface area (Å²) in [6.07, 6.45) is 0.350. The SMILES string of the molecule is OCCC#Cc1ccc(F)c(OCc2ccccc2F)c1. The van der Waals surface area contributed by atoms with Crippen LogP contribution in [0.5, 0.6) is 5.75 Å². The summed E-state index contributed by atoms with van der Waals surface area (Å²) >= 11 is 0.